The van der Waals surface area contributed by atoms with Crippen LogP contribution in [0, 0.1) is 0 Å². The predicted octanol–water partition coefficient (Wildman–Crippen LogP) is 2.20. The molecule has 0 saturated carbocycles. The van der Waals surface area contributed by atoms with Crippen LogP contribution in [0.1, 0.15) is 11.5 Å². The van der Waals surface area contributed by atoms with Gasteiger partial charge < -0.3 is 19.4 Å². The smallest absolute Gasteiger partial charge is 0.169 e. The van der Waals surface area contributed by atoms with Gasteiger partial charge >= 0.3 is 0 Å². The van der Waals surface area contributed by atoms with E-state index in [0.29, 0.717) is 31.4 Å². The zero-order valence-corrected chi connectivity index (χ0v) is 12.8. The molecule has 2 aromatic heterocycles. The molecular weight excluding hydrogens is 286 g/mol. The first-order valence-electron chi connectivity index (χ1n) is 6.73. The van der Waals surface area contributed by atoms with E-state index in [9.17, 15) is 0 Å². The fourth-order valence-electron chi connectivity index (χ4n) is 1.85. The van der Waals surface area contributed by atoms with E-state index < -0.39 is 0 Å². The van der Waals surface area contributed by atoms with E-state index in [-0.39, 0.29) is 0 Å². The molecule has 0 amide bonds. The molecule has 5 nitrogen and oxygen atoms in total. The lowest BCUT2D eigenvalue weighted by atomic mass is 10.3. The summed E-state index contributed by atoms with van der Waals surface area (Å²) in [6, 6.07) is 9.65. The maximum absolute atomic E-state index is 5.45. The molecule has 0 radical (unpaired) electrons. The van der Waals surface area contributed by atoms with Crippen LogP contribution in [0.3, 0.4) is 0 Å². The molecule has 2 heterocycles. The minimum absolute atomic E-state index is 0.600. The maximum atomic E-state index is 5.45. The number of hydrogen-bond donors (Lipinski definition) is 1. The number of nitrogens with one attached hydrogen (secondary N) is 1. The summed E-state index contributed by atoms with van der Waals surface area (Å²) in [6.07, 6.45) is 3.44. The molecular formula is C15H19N3O2S. The van der Waals surface area contributed by atoms with E-state index in [0.717, 1.165) is 11.5 Å². The molecule has 0 atom stereocenters. The van der Waals surface area contributed by atoms with Gasteiger partial charge in [-0.2, -0.15) is 0 Å². The minimum atomic E-state index is 0.600. The Morgan fingerprint density at radius 2 is 2.24 bits per heavy atom. The number of nitrogens with zero attached hydrogens (tertiary/aromatic N) is 2. The number of ether oxygens (including phenoxy) is 1. The van der Waals surface area contributed by atoms with Gasteiger partial charge in [-0.05, 0) is 36.5 Å². The fraction of sp³-hybridized carbons (Fsp3) is 0.333. The van der Waals surface area contributed by atoms with Crippen LogP contribution in [0.4, 0.5) is 0 Å². The quantitative estimate of drug-likeness (QED) is 0.625. The first-order chi connectivity index (χ1) is 10.3. The summed E-state index contributed by atoms with van der Waals surface area (Å²) in [4.78, 5) is 6.36. The van der Waals surface area contributed by atoms with Crippen molar-refractivity contribution in [3.63, 3.8) is 0 Å². The van der Waals surface area contributed by atoms with Gasteiger partial charge in [-0.15, -0.1) is 0 Å². The molecule has 0 bridgehead atoms. The SMILES string of the molecule is COCCNC(=S)N(Cc1ccccn1)Cc1ccco1. The third kappa shape index (κ3) is 5.17. The highest BCUT2D eigenvalue weighted by Crippen LogP contribution is 2.09. The Bertz CT molecular complexity index is 531. The van der Waals surface area contributed by atoms with Crippen LogP contribution in [0.5, 0.6) is 0 Å². The van der Waals surface area contributed by atoms with Crippen molar-refractivity contribution in [1.82, 2.24) is 15.2 Å². The Balaban J connectivity index is 2.00. The Morgan fingerprint density at radius 3 is 2.90 bits per heavy atom. The van der Waals surface area contributed by atoms with Gasteiger partial charge in [0.15, 0.2) is 5.11 Å². The number of aromatic nitrogens is 1. The normalized spacial score (nSPS) is 10.3. The molecule has 0 fully saturated rings. The summed E-state index contributed by atoms with van der Waals surface area (Å²) in [5, 5.41) is 3.84. The van der Waals surface area contributed by atoms with Crippen LogP contribution >= 0.6 is 12.2 Å². The molecule has 0 aliphatic carbocycles. The van der Waals surface area contributed by atoms with Crippen LogP contribution in [-0.2, 0) is 17.8 Å². The molecule has 6 heteroatoms. The number of hydrogen-bond acceptors (Lipinski definition) is 4. The highest BCUT2D eigenvalue weighted by atomic mass is 32.1. The van der Waals surface area contributed by atoms with Crippen LogP contribution in [0.15, 0.2) is 47.2 Å². The van der Waals surface area contributed by atoms with Gasteiger partial charge in [-0.25, -0.2) is 0 Å². The van der Waals surface area contributed by atoms with E-state index in [1.54, 1.807) is 19.6 Å². The maximum Gasteiger partial charge on any atom is 0.169 e. The average Bonchev–Trinajstić information content (AvgIpc) is 3.01. The Hall–Kier alpha value is -1.92. The molecule has 2 aromatic rings. The first-order valence-corrected chi connectivity index (χ1v) is 7.14. The van der Waals surface area contributed by atoms with Gasteiger partial charge in [-0.3, -0.25) is 4.98 Å². The number of methoxy groups -OCH3 is 1. The van der Waals surface area contributed by atoms with E-state index >= 15 is 0 Å². The van der Waals surface area contributed by atoms with Crippen LogP contribution < -0.4 is 5.32 Å². The summed E-state index contributed by atoms with van der Waals surface area (Å²) in [5.74, 6) is 0.863. The first kappa shape index (κ1) is 15.5. The van der Waals surface area contributed by atoms with E-state index in [1.807, 2.05) is 35.2 Å². The summed E-state index contributed by atoms with van der Waals surface area (Å²) >= 11 is 5.45. The van der Waals surface area contributed by atoms with Gasteiger partial charge in [0, 0.05) is 19.9 Å². The van der Waals surface area contributed by atoms with Crippen LogP contribution in [-0.4, -0.2) is 35.3 Å². The topological polar surface area (TPSA) is 50.5 Å². The largest absolute Gasteiger partial charge is 0.467 e. The number of rotatable bonds is 7. The standard InChI is InChI=1S/C15H19N3O2S/c1-19-10-8-17-15(21)18(12-14-6-4-9-20-14)11-13-5-2-3-7-16-13/h2-7,9H,8,10-12H2,1H3,(H,17,21). The fourth-order valence-corrected chi connectivity index (χ4v) is 2.08. The summed E-state index contributed by atoms with van der Waals surface area (Å²) in [6.45, 7) is 2.51. The molecule has 0 saturated heterocycles. The Morgan fingerprint density at radius 1 is 1.33 bits per heavy atom. The molecule has 0 aliphatic rings. The molecule has 21 heavy (non-hydrogen) atoms. The average molecular weight is 305 g/mol. The second-order valence-electron chi connectivity index (χ2n) is 4.48. The van der Waals surface area contributed by atoms with Crippen molar-refractivity contribution < 1.29 is 9.15 Å². The summed E-state index contributed by atoms with van der Waals surface area (Å²) in [5.41, 5.74) is 0.958. The van der Waals surface area contributed by atoms with Crippen molar-refractivity contribution in [1.29, 1.82) is 0 Å². The van der Waals surface area contributed by atoms with Crippen LogP contribution in [0.25, 0.3) is 0 Å². The van der Waals surface area contributed by atoms with Crippen molar-refractivity contribution in [2.75, 3.05) is 20.3 Å². The predicted molar refractivity (Wildman–Crippen MR) is 84.7 cm³/mol. The monoisotopic (exact) mass is 305 g/mol. The molecule has 2 rings (SSSR count). The zero-order valence-electron chi connectivity index (χ0n) is 12.0. The number of furan rings is 1. The van der Waals surface area contributed by atoms with Crippen molar-refractivity contribution in [3.8, 4) is 0 Å². The molecule has 0 spiro atoms. The second kappa shape index (κ2) is 8.39. The minimum Gasteiger partial charge on any atom is -0.467 e. The lowest BCUT2D eigenvalue weighted by Gasteiger charge is -2.24. The van der Waals surface area contributed by atoms with Crippen molar-refractivity contribution in [2.45, 2.75) is 13.1 Å². The Labute approximate surface area is 129 Å². The molecule has 1 N–H and O–H groups in total. The molecule has 0 unspecified atom stereocenters. The highest BCUT2D eigenvalue weighted by molar-refractivity contribution is 7.80. The van der Waals surface area contributed by atoms with Gasteiger partial charge in [0.2, 0.25) is 0 Å². The van der Waals surface area contributed by atoms with Gasteiger partial charge in [0.1, 0.15) is 5.76 Å². The highest BCUT2D eigenvalue weighted by Gasteiger charge is 2.12. The van der Waals surface area contributed by atoms with Crippen molar-refractivity contribution in [2.24, 2.45) is 0 Å². The third-order valence-electron chi connectivity index (χ3n) is 2.88. The van der Waals surface area contributed by atoms with Gasteiger partial charge in [0.25, 0.3) is 0 Å². The third-order valence-corrected chi connectivity index (χ3v) is 3.28. The summed E-state index contributed by atoms with van der Waals surface area (Å²) < 4.78 is 10.4. The summed E-state index contributed by atoms with van der Waals surface area (Å²) in [7, 11) is 1.67. The van der Waals surface area contributed by atoms with E-state index in [1.165, 1.54) is 0 Å². The second-order valence-corrected chi connectivity index (χ2v) is 4.87. The Kier molecular flexibility index (Phi) is 6.18. The lowest BCUT2D eigenvalue weighted by Crippen LogP contribution is -2.40. The number of pyridine rings is 1. The van der Waals surface area contributed by atoms with Gasteiger partial charge in [0.05, 0.1) is 31.7 Å². The van der Waals surface area contributed by atoms with Crippen molar-refractivity contribution in [3.05, 3.63) is 54.2 Å². The van der Waals surface area contributed by atoms with Crippen molar-refractivity contribution >= 4 is 17.3 Å². The van der Waals surface area contributed by atoms with Crippen LogP contribution in [0.2, 0.25) is 0 Å². The van der Waals surface area contributed by atoms with E-state index in [2.05, 4.69) is 10.3 Å². The molecule has 112 valence electrons. The molecule has 0 aliphatic heterocycles. The zero-order chi connectivity index (χ0) is 14.9. The number of thiocarbonyl (C=S) groups is 1. The lowest BCUT2D eigenvalue weighted by molar-refractivity contribution is 0.202. The van der Waals surface area contributed by atoms with Gasteiger partial charge in [-0.1, -0.05) is 6.07 Å². The van der Waals surface area contributed by atoms with E-state index in [4.69, 9.17) is 21.4 Å². The molecule has 0 aromatic carbocycles.